The minimum absolute atomic E-state index is 0.0914. The highest BCUT2D eigenvalue weighted by molar-refractivity contribution is 7.91. The minimum atomic E-state index is -3.69. The van der Waals surface area contributed by atoms with Crippen molar-refractivity contribution in [3.8, 4) is 0 Å². The summed E-state index contributed by atoms with van der Waals surface area (Å²) < 4.78 is 37.8. The molecular formula is C16H25FN4O2S. The SMILES string of the molecule is CCN1CCCC1CN=C(N)NCCS(=O)(=O)c1ccccc1F. The lowest BCUT2D eigenvalue weighted by atomic mass is 10.2. The summed E-state index contributed by atoms with van der Waals surface area (Å²) in [5.74, 6) is -0.754. The van der Waals surface area contributed by atoms with E-state index in [-0.39, 0.29) is 23.2 Å². The maximum atomic E-state index is 13.6. The molecule has 0 aliphatic carbocycles. The maximum absolute atomic E-state index is 13.6. The number of guanidine groups is 1. The van der Waals surface area contributed by atoms with Crippen molar-refractivity contribution in [1.82, 2.24) is 10.2 Å². The van der Waals surface area contributed by atoms with Crippen LogP contribution in [-0.4, -0.2) is 57.3 Å². The third kappa shape index (κ3) is 4.91. The molecule has 0 aromatic heterocycles. The van der Waals surface area contributed by atoms with Crippen molar-refractivity contribution >= 4 is 15.8 Å². The number of halogens is 1. The van der Waals surface area contributed by atoms with Gasteiger partial charge in [-0.05, 0) is 38.1 Å². The highest BCUT2D eigenvalue weighted by Crippen LogP contribution is 2.16. The van der Waals surface area contributed by atoms with Crippen LogP contribution in [0.4, 0.5) is 4.39 Å². The fourth-order valence-electron chi connectivity index (χ4n) is 2.90. The Bertz CT molecular complexity index is 678. The van der Waals surface area contributed by atoms with Crippen molar-refractivity contribution in [2.45, 2.75) is 30.7 Å². The number of likely N-dealkylation sites (N-methyl/N-ethyl adjacent to an activating group) is 1. The first kappa shape index (κ1) is 18.7. The molecule has 1 aromatic carbocycles. The number of nitrogens with zero attached hydrogens (tertiary/aromatic N) is 2. The second-order valence-electron chi connectivity index (χ2n) is 5.83. The first-order chi connectivity index (χ1) is 11.4. The van der Waals surface area contributed by atoms with Crippen LogP contribution in [0.1, 0.15) is 19.8 Å². The van der Waals surface area contributed by atoms with Gasteiger partial charge in [0.05, 0.1) is 12.3 Å². The van der Waals surface area contributed by atoms with Gasteiger partial charge in [-0.1, -0.05) is 19.1 Å². The summed E-state index contributed by atoms with van der Waals surface area (Å²) in [6.07, 6.45) is 2.27. The van der Waals surface area contributed by atoms with Crippen molar-refractivity contribution in [3.63, 3.8) is 0 Å². The van der Waals surface area contributed by atoms with Crippen LogP contribution in [-0.2, 0) is 9.84 Å². The second-order valence-corrected chi connectivity index (χ2v) is 7.90. The van der Waals surface area contributed by atoms with Crippen molar-refractivity contribution in [1.29, 1.82) is 0 Å². The number of nitrogens with two attached hydrogens (primary N) is 1. The van der Waals surface area contributed by atoms with E-state index in [1.54, 1.807) is 0 Å². The molecule has 1 heterocycles. The number of benzene rings is 1. The molecular weight excluding hydrogens is 331 g/mol. The molecule has 134 valence electrons. The zero-order chi connectivity index (χ0) is 17.6. The van der Waals surface area contributed by atoms with E-state index >= 15 is 0 Å². The van der Waals surface area contributed by atoms with Crippen LogP contribution < -0.4 is 11.1 Å². The number of sulfone groups is 1. The summed E-state index contributed by atoms with van der Waals surface area (Å²) >= 11 is 0. The van der Waals surface area contributed by atoms with Crippen LogP contribution in [0.15, 0.2) is 34.2 Å². The molecule has 0 saturated carbocycles. The van der Waals surface area contributed by atoms with Crippen LogP contribution in [0.5, 0.6) is 0 Å². The molecule has 1 atom stereocenters. The van der Waals surface area contributed by atoms with Gasteiger partial charge in [0, 0.05) is 12.6 Å². The predicted molar refractivity (Wildman–Crippen MR) is 93.2 cm³/mol. The topological polar surface area (TPSA) is 87.8 Å². The first-order valence-corrected chi connectivity index (χ1v) is 9.84. The number of hydrogen-bond donors (Lipinski definition) is 2. The quantitative estimate of drug-likeness (QED) is 0.562. The van der Waals surface area contributed by atoms with Gasteiger partial charge in [-0.3, -0.25) is 9.89 Å². The van der Waals surface area contributed by atoms with E-state index in [2.05, 4.69) is 22.1 Å². The van der Waals surface area contributed by atoms with Crippen molar-refractivity contribution in [2.24, 2.45) is 10.7 Å². The molecule has 1 aliphatic heterocycles. The number of hydrogen-bond acceptors (Lipinski definition) is 4. The third-order valence-electron chi connectivity index (χ3n) is 4.23. The molecule has 0 radical (unpaired) electrons. The van der Waals surface area contributed by atoms with Gasteiger partial charge in [0.1, 0.15) is 10.7 Å². The van der Waals surface area contributed by atoms with Crippen molar-refractivity contribution in [3.05, 3.63) is 30.1 Å². The normalized spacial score (nSPS) is 19.6. The highest BCUT2D eigenvalue weighted by atomic mass is 32.2. The molecule has 6 nitrogen and oxygen atoms in total. The summed E-state index contributed by atoms with van der Waals surface area (Å²) in [6.45, 7) is 4.90. The van der Waals surface area contributed by atoms with Gasteiger partial charge in [-0.2, -0.15) is 0 Å². The van der Waals surface area contributed by atoms with E-state index in [4.69, 9.17) is 5.73 Å². The fourth-order valence-corrected chi connectivity index (χ4v) is 4.14. The van der Waals surface area contributed by atoms with Crippen molar-refractivity contribution in [2.75, 3.05) is 31.9 Å². The van der Waals surface area contributed by atoms with E-state index in [1.165, 1.54) is 24.6 Å². The molecule has 1 unspecified atom stereocenters. The van der Waals surface area contributed by atoms with E-state index in [9.17, 15) is 12.8 Å². The summed E-state index contributed by atoms with van der Waals surface area (Å²) in [6, 6.07) is 5.76. The average Bonchev–Trinajstić information content (AvgIpc) is 3.00. The number of rotatable bonds is 7. The molecule has 0 amide bonds. The second kappa shape index (κ2) is 8.43. The predicted octanol–water partition coefficient (Wildman–Crippen LogP) is 0.988. The molecule has 1 saturated heterocycles. The molecule has 3 N–H and O–H groups in total. The Kier molecular flexibility index (Phi) is 6.56. The van der Waals surface area contributed by atoms with E-state index in [0.29, 0.717) is 12.6 Å². The number of nitrogens with one attached hydrogen (secondary N) is 1. The first-order valence-electron chi connectivity index (χ1n) is 8.19. The summed E-state index contributed by atoms with van der Waals surface area (Å²) in [5, 5.41) is 2.79. The smallest absolute Gasteiger partial charge is 0.188 e. The largest absolute Gasteiger partial charge is 0.370 e. The number of aliphatic imine (C=N–C) groups is 1. The minimum Gasteiger partial charge on any atom is -0.370 e. The highest BCUT2D eigenvalue weighted by Gasteiger charge is 2.22. The lowest BCUT2D eigenvalue weighted by Gasteiger charge is -2.20. The Balaban J connectivity index is 1.83. The van der Waals surface area contributed by atoms with E-state index < -0.39 is 15.7 Å². The van der Waals surface area contributed by atoms with Gasteiger partial charge in [0.15, 0.2) is 15.8 Å². The standard InChI is InChI=1S/C16H25FN4O2S/c1-2-21-10-5-6-13(21)12-20-16(18)19-9-11-24(22,23)15-8-4-3-7-14(15)17/h3-4,7-8,13H,2,5-6,9-12H2,1H3,(H3,18,19,20). The zero-order valence-corrected chi connectivity index (χ0v) is 14.7. The Labute approximate surface area is 142 Å². The molecule has 1 aliphatic rings. The molecule has 24 heavy (non-hydrogen) atoms. The lowest BCUT2D eigenvalue weighted by Crippen LogP contribution is -2.37. The van der Waals surface area contributed by atoms with Gasteiger partial charge in [0.2, 0.25) is 0 Å². The monoisotopic (exact) mass is 356 g/mol. The van der Waals surface area contributed by atoms with Gasteiger partial charge in [0.25, 0.3) is 0 Å². The van der Waals surface area contributed by atoms with Crippen LogP contribution in [0.2, 0.25) is 0 Å². The van der Waals surface area contributed by atoms with Crippen LogP contribution in [0, 0.1) is 5.82 Å². The molecule has 0 spiro atoms. The molecule has 0 bridgehead atoms. The van der Waals surface area contributed by atoms with Gasteiger partial charge >= 0.3 is 0 Å². The zero-order valence-electron chi connectivity index (χ0n) is 13.9. The average molecular weight is 356 g/mol. The van der Waals surface area contributed by atoms with Gasteiger partial charge in [-0.25, -0.2) is 12.8 Å². The van der Waals surface area contributed by atoms with Gasteiger partial charge < -0.3 is 11.1 Å². The summed E-state index contributed by atoms with van der Waals surface area (Å²) in [4.78, 5) is 6.36. The van der Waals surface area contributed by atoms with Gasteiger partial charge in [-0.15, -0.1) is 0 Å². The Hall–Kier alpha value is -1.67. The van der Waals surface area contributed by atoms with Crippen molar-refractivity contribution < 1.29 is 12.8 Å². The maximum Gasteiger partial charge on any atom is 0.188 e. The molecule has 2 rings (SSSR count). The Morgan fingerprint density at radius 2 is 2.21 bits per heavy atom. The summed E-state index contributed by atoms with van der Waals surface area (Å²) in [7, 11) is -3.69. The Morgan fingerprint density at radius 1 is 1.46 bits per heavy atom. The van der Waals surface area contributed by atoms with Crippen LogP contribution in [0.3, 0.4) is 0 Å². The lowest BCUT2D eigenvalue weighted by molar-refractivity contribution is 0.273. The molecule has 1 aromatic rings. The van der Waals surface area contributed by atoms with E-state index in [1.807, 2.05) is 0 Å². The van der Waals surface area contributed by atoms with Crippen LogP contribution in [0.25, 0.3) is 0 Å². The number of likely N-dealkylation sites (tertiary alicyclic amines) is 1. The summed E-state index contributed by atoms with van der Waals surface area (Å²) in [5.41, 5.74) is 5.79. The third-order valence-corrected chi connectivity index (χ3v) is 5.97. The fraction of sp³-hybridized carbons (Fsp3) is 0.562. The molecule has 8 heteroatoms. The van der Waals surface area contributed by atoms with Crippen LogP contribution >= 0.6 is 0 Å². The Morgan fingerprint density at radius 3 is 2.92 bits per heavy atom. The molecule has 1 fully saturated rings. The van der Waals surface area contributed by atoms with E-state index in [0.717, 1.165) is 25.6 Å².